The Hall–Kier alpha value is -2.82. The number of para-hydroxylation sites is 1. The number of hydrogen-bond acceptors (Lipinski definition) is 5. The summed E-state index contributed by atoms with van der Waals surface area (Å²) in [6.07, 6.45) is 2.05. The van der Waals surface area contributed by atoms with Crippen LogP contribution in [0.15, 0.2) is 53.7 Å². The molecule has 0 bridgehead atoms. The number of carbonyl (C=O) groups excluding carboxylic acids is 1. The van der Waals surface area contributed by atoms with E-state index in [1.54, 1.807) is 0 Å². The van der Waals surface area contributed by atoms with Crippen LogP contribution < -0.4 is 4.74 Å². The maximum atomic E-state index is 11.7. The average molecular weight is 341 g/mol. The van der Waals surface area contributed by atoms with Gasteiger partial charge in [-0.3, -0.25) is 4.79 Å². The quantitative estimate of drug-likeness (QED) is 0.333. The van der Waals surface area contributed by atoms with E-state index in [-0.39, 0.29) is 12.4 Å². The summed E-state index contributed by atoms with van der Waals surface area (Å²) in [6.45, 7) is 2.12. The molecule has 0 amide bonds. The molecule has 0 radical (unpaired) electrons. The van der Waals surface area contributed by atoms with Crippen LogP contribution in [0.3, 0.4) is 0 Å². The van der Waals surface area contributed by atoms with E-state index < -0.39 is 0 Å². The zero-order valence-electron chi connectivity index (χ0n) is 14.8. The van der Waals surface area contributed by atoms with Gasteiger partial charge in [-0.1, -0.05) is 49.7 Å². The number of rotatable bonds is 7. The van der Waals surface area contributed by atoms with Crippen LogP contribution in [0.25, 0.3) is 0 Å². The smallest absolute Gasteiger partial charge is 0.310 e. The number of methoxy groups -OCH3 is 1. The van der Waals surface area contributed by atoms with E-state index in [4.69, 9.17) is 14.3 Å². The largest absolute Gasteiger partial charge is 0.469 e. The summed E-state index contributed by atoms with van der Waals surface area (Å²) < 4.78 is 10.8. The molecule has 0 fully saturated rings. The predicted octanol–water partition coefficient (Wildman–Crippen LogP) is 3.74. The van der Waals surface area contributed by atoms with Crippen LogP contribution in [0, 0.1) is 0 Å². The molecule has 0 saturated heterocycles. The molecular formula is C20H23NO4. The molecule has 0 atom stereocenters. The molecule has 0 aromatic heterocycles. The number of aryl methyl sites for hydroxylation is 1. The third kappa shape index (κ3) is 5.08. The van der Waals surface area contributed by atoms with E-state index in [0.29, 0.717) is 11.5 Å². The van der Waals surface area contributed by atoms with Crippen LogP contribution in [0.4, 0.5) is 0 Å². The van der Waals surface area contributed by atoms with Crippen molar-refractivity contribution in [2.75, 3.05) is 14.2 Å². The molecule has 2 aromatic carbocycles. The zero-order valence-corrected chi connectivity index (χ0v) is 14.8. The number of esters is 1. The molecule has 0 saturated carbocycles. The first-order valence-corrected chi connectivity index (χ1v) is 8.21. The van der Waals surface area contributed by atoms with Gasteiger partial charge in [0.05, 0.1) is 13.5 Å². The van der Waals surface area contributed by atoms with Gasteiger partial charge < -0.3 is 14.3 Å². The van der Waals surface area contributed by atoms with Gasteiger partial charge in [0.2, 0.25) is 0 Å². The highest BCUT2D eigenvalue weighted by molar-refractivity contribution is 5.97. The summed E-state index contributed by atoms with van der Waals surface area (Å²) >= 11 is 0. The lowest BCUT2D eigenvalue weighted by molar-refractivity contribution is -0.139. The fraction of sp³-hybridized carbons (Fsp3) is 0.300. The lowest BCUT2D eigenvalue weighted by Crippen LogP contribution is -2.16. The summed E-state index contributed by atoms with van der Waals surface area (Å²) in [7, 11) is 2.83. The van der Waals surface area contributed by atoms with Gasteiger partial charge in [0.15, 0.2) is 0 Å². The molecule has 0 unspecified atom stereocenters. The molecule has 0 heterocycles. The third-order valence-corrected chi connectivity index (χ3v) is 3.68. The van der Waals surface area contributed by atoms with E-state index in [9.17, 15) is 4.79 Å². The van der Waals surface area contributed by atoms with Crippen molar-refractivity contribution in [3.05, 3.63) is 65.2 Å². The highest BCUT2D eigenvalue weighted by atomic mass is 16.6. The van der Waals surface area contributed by atoms with Crippen molar-refractivity contribution in [1.82, 2.24) is 0 Å². The van der Waals surface area contributed by atoms with Crippen LogP contribution in [0.2, 0.25) is 0 Å². The monoisotopic (exact) mass is 341 g/mol. The van der Waals surface area contributed by atoms with Gasteiger partial charge in [-0.25, -0.2) is 0 Å². The second kappa shape index (κ2) is 9.47. The maximum Gasteiger partial charge on any atom is 0.310 e. The highest BCUT2D eigenvalue weighted by Gasteiger charge is 2.16. The molecule has 0 spiro atoms. The van der Waals surface area contributed by atoms with Gasteiger partial charge in [-0.05, 0) is 34.8 Å². The minimum absolute atomic E-state index is 0.134. The number of carbonyl (C=O) groups is 1. The summed E-state index contributed by atoms with van der Waals surface area (Å²) in [6, 6.07) is 15.2. The molecule has 2 rings (SSSR count). The summed E-state index contributed by atoms with van der Waals surface area (Å²) in [5.41, 5.74) is 2.55. The van der Waals surface area contributed by atoms with E-state index in [1.807, 2.05) is 48.5 Å². The van der Waals surface area contributed by atoms with Crippen LogP contribution >= 0.6 is 0 Å². The number of benzene rings is 2. The molecule has 25 heavy (non-hydrogen) atoms. The second-order valence-electron chi connectivity index (χ2n) is 5.45. The number of hydrogen-bond donors (Lipinski definition) is 0. The Balaban J connectivity index is 2.37. The standard InChI is InChI=1S/C20H23NO4/c1-4-9-15-10-6-8-13-18(15)25-20(21-24-3)17-12-7-5-11-16(17)14-19(22)23-2/h5-8,10-13H,4,9,14H2,1-3H3/b21-20+. The van der Waals surface area contributed by atoms with Gasteiger partial charge in [0.1, 0.15) is 12.9 Å². The van der Waals surface area contributed by atoms with Crippen molar-refractivity contribution in [2.45, 2.75) is 26.2 Å². The van der Waals surface area contributed by atoms with Gasteiger partial charge >= 0.3 is 5.97 Å². The van der Waals surface area contributed by atoms with Crippen molar-refractivity contribution in [3.63, 3.8) is 0 Å². The van der Waals surface area contributed by atoms with Gasteiger partial charge in [0, 0.05) is 5.56 Å². The molecule has 5 heteroatoms. The zero-order chi connectivity index (χ0) is 18.1. The van der Waals surface area contributed by atoms with E-state index >= 15 is 0 Å². The Morgan fingerprint density at radius 3 is 2.36 bits per heavy atom. The van der Waals surface area contributed by atoms with Crippen molar-refractivity contribution in [3.8, 4) is 5.75 Å². The van der Waals surface area contributed by atoms with Gasteiger partial charge in [-0.15, -0.1) is 0 Å². The third-order valence-electron chi connectivity index (χ3n) is 3.68. The van der Waals surface area contributed by atoms with Crippen molar-refractivity contribution >= 4 is 11.9 Å². The Bertz CT molecular complexity index is 740. The Labute approximate surface area is 148 Å². The van der Waals surface area contributed by atoms with Crippen molar-refractivity contribution in [1.29, 1.82) is 0 Å². The van der Waals surface area contributed by atoms with Crippen molar-refractivity contribution < 1.29 is 19.1 Å². The van der Waals surface area contributed by atoms with Gasteiger partial charge in [-0.2, -0.15) is 0 Å². The molecule has 2 aromatic rings. The number of ether oxygens (including phenoxy) is 2. The minimum Gasteiger partial charge on any atom is -0.469 e. The Kier molecular flexibility index (Phi) is 7.01. The summed E-state index contributed by atoms with van der Waals surface area (Å²) in [4.78, 5) is 16.6. The van der Waals surface area contributed by atoms with Crippen molar-refractivity contribution in [2.24, 2.45) is 5.16 Å². The molecule has 0 aliphatic carbocycles. The fourth-order valence-electron chi connectivity index (χ4n) is 2.50. The van der Waals surface area contributed by atoms with Crippen LogP contribution in [0.1, 0.15) is 30.0 Å². The first kappa shape index (κ1) is 18.5. The molecule has 5 nitrogen and oxygen atoms in total. The number of nitrogens with zero attached hydrogens (tertiary/aromatic N) is 1. The minimum atomic E-state index is -0.324. The SMILES string of the molecule is CCCc1ccccc1O/C(=N/OC)c1ccccc1CC(=O)OC. The number of oxime groups is 1. The second-order valence-corrected chi connectivity index (χ2v) is 5.45. The molecule has 0 aliphatic heterocycles. The first-order chi connectivity index (χ1) is 12.2. The van der Waals surface area contributed by atoms with Gasteiger partial charge in [0.25, 0.3) is 5.90 Å². The topological polar surface area (TPSA) is 57.1 Å². The first-order valence-electron chi connectivity index (χ1n) is 8.21. The summed E-state index contributed by atoms with van der Waals surface area (Å²) in [5.74, 6) is 0.717. The Morgan fingerprint density at radius 2 is 1.68 bits per heavy atom. The van der Waals surface area contributed by atoms with Crippen LogP contribution in [0.5, 0.6) is 5.75 Å². The molecule has 0 N–H and O–H groups in total. The molecule has 132 valence electrons. The Morgan fingerprint density at radius 1 is 1.00 bits per heavy atom. The summed E-state index contributed by atoms with van der Waals surface area (Å²) in [5, 5.41) is 4.03. The molecular weight excluding hydrogens is 318 g/mol. The maximum absolute atomic E-state index is 11.7. The lowest BCUT2D eigenvalue weighted by Gasteiger charge is -2.14. The lowest BCUT2D eigenvalue weighted by atomic mass is 10.0. The normalized spacial score (nSPS) is 11.1. The van der Waals surface area contributed by atoms with E-state index in [0.717, 1.165) is 29.7 Å². The fourth-order valence-corrected chi connectivity index (χ4v) is 2.50. The van der Waals surface area contributed by atoms with Crippen LogP contribution in [-0.4, -0.2) is 26.1 Å². The average Bonchev–Trinajstić information content (AvgIpc) is 2.63. The highest BCUT2D eigenvalue weighted by Crippen LogP contribution is 2.22. The van der Waals surface area contributed by atoms with Crippen LogP contribution in [-0.2, 0) is 27.2 Å². The van der Waals surface area contributed by atoms with E-state index in [2.05, 4.69) is 12.1 Å². The predicted molar refractivity (Wildman–Crippen MR) is 96.8 cm³/mol. The van der Waals surface area contributed by atoms with E-state index in [1.165, 1.54) is 14.2 Å². The molecule has 0 aliphatic rings.